The molecule has 0 aliphatic heterocycles. The Bertz CT molecular complexity index is 577. The second-order valence-electron chi connectivity index (χ2n) is 5.02. The lowest BCUT2D eigenvalue weighted by Crippen LogP contribution is -2.45. The highest BCUT2D eigenvalue weighted by Crippen LogP contribution is 2.23. The number of ether oxygens (including phenoxy) is 3. The summed E-state index contributed by atoms with van der Waals surface area (Å²) in [4.78, 5) is 34.9. The maximum absolute atomic E-state index is 12.3. The third kappa shape index (κ3) is 5.17. The van der Waals surface area contributed by atoms with Gasteiger partial charge in [0, 0.05) is 6.07 Å². The molecule has 8 heteroatoms. The lowest BCUT2D eigenvalue weighted by atomic mass is 10.1. The first kappa shape index (κ1) is 18.3. The number of benzene rings is 1. The number of rotatable bonds is 6. The van der Waals surface area contributed by atoms with Gasteiger partial charge in [0.15, 0.2) is 6.10 Å². The topological polar surface area (TPSA) is 117 Å². The Morgan fingerprint density at radius 3 is 1.96 bits per heavy atom. The Morgan fingerprint density at radius 1 is 1.04 bits per heavy atom. The van der Waals surface area contributed by atoms with Crippen LogP contribution in [0.4, 0.5) is 4.79 Å². The molecule has 0 radical (unpaired) electrons. The zero-order chi connectivity index (χ0) is 17.6. The van der Waals surface area contributed by atoms with E-state index in [0.717, 1.165) is 0 Å². The van der Waals surface area contributed by atoms with Crippen molar-refractivity contribution in [1.82, 2.24) is 5.32 Å². The van der Waals surface area contributed by atoms with E-state index < -0.39 is 24.0 Å². The molecule has 1 rings (SSSR count). The van der Waals surface area contributed by atoms with Gasteiger partial charge in [0.2, 0.25) is 0 Å². The third-order valence-electron chi connectivity index (χ3n) is 2.93. The molecule has 3 N–H and O–H groups in total. The number of esters is 1. The number of imide groups is 1. The van der Waals surface area contributed by atoms with Crippen molar-refractivity contribution in [1.29, 1.82) is 0 Å². The lowest BCUT2D eigenvalue weighted by molar-refractivity contribution is -0.130. The first-order chi connectivity index (χ1) is 10.8. The fourth-order valence-electron chi connectivity index (χ4n) is 1.79. The summed E-state index contributed by atoms with van der Waals surface area (Å²) < 4.78 is 15.3. The molecule has 8 nitrogen and oxygen atoms in total. The number of methoxy groups -OCH3 is 2. The molecular formula is C15H20N2O6. The van der Waals surface area contributed by atoms with E-state index in [9.17, 15) is 14.4 Å². The Balaban J connectivity index is 2.99. The predicted molar refractivity (Wildman–Crippen MR) is 81.3 cm³/mol. The van der Waals surface area contributed by atoms with Gasteiger partial charge in [-0.25, -0.2) is 9.59 Å². The molecule has 0 aliphatic carbocycles. The van der Waals surface area contributed by atoms with Crippen LogP contribution in [-0.4, -0.2) is 38.2 Å². The van der Waals surface area contributed by atoms with Crippen molar-refractivity contribution in [2.45, 2.75) is 20.0 Å². The van der Waals surface area contributed by atoms with Gasteiger partial charge < -0.3 is 19.9 Å². The molecule has 126 valence electrons. The van der Waals surface area contributed by atoms with Gasteiger partial charge in [-0.3, -0.25) is 10.1 Å². The zero-order valence-electron chi connectivity index (χ0n) is 13.4. The van der Waals surface area contributed by atoms with Crippen LogP contribution in [0.15, 0.2) is 18.2 Å². The molecule has 0 unspecified atom stereocenters. The smallest absolute Gasteiger partial charge is 0.339 e. The van der Waals surface area contributed by atoms with E-state index in [1.54, 1.807) is 19.9 Å². The van der Waals surface area contributed by atoms with E-state index in [-0.39, 0.29) is 11.5 Å². The van der Waals surface area contributed by atoms with E-state index in [0.29, 0.717) is 11.5 Å². The van der Waals surface area contributed by atoms with Crippen molar-refractivity contribution < 1.29 is 28.6 Å². The molecule has 0 saturated carbocycles. The summed E-state index contributed by atoms with van der Waals surface area (Å²) in [5, 5.41) is 1.90. The predicted octanol–water partition coefficient (Wildman–Crippen LogP) is 1.08. The second kappa shape index (κ2) is 8.02. The molecule has 0 saturated heterocycles. The number of primary amides is 1. The van der Waals surface area contributed by atoms with E-state index in [1.807, 2.05) is 5.32 Å². The van der Waals surface area contributed by atoms with Gasteiger partial charge in [0.05, 0.1) is 19.8 Å². The molecule has 0 heterocycles. The van der Waals surface area contributed by atoms with Crippen molar-refractivity contribution in [2.24, 2.45) is 11.7 Å². The molecule has 0 aromatic heterocycles. The minimum Gasteiger partial charge on any atom is -0.497 e. The van der Waals surface area contributed by atoms with Crippen LogP contribution in [0.2, 0.25) is 0 Å². The van der Waals surface area contributed by atoms with Gasteiger partial charge in [-0.15, -0.1) is 0 Å². The number of hydrogen-bond donors (Lipinski definition) is 2. The Labute approximate surface area is 133 Å². The fraction of sp³-hybridized carbons (Fsp3) is 0.400. The summed E-state index contributed by atoms with van der Waals surface area (Å²) in [6, 6.07) is 3.48. The average molecular weight is 324 g/mol. The number of carbonyl (C=O) groups excluding carboxylic acids is 3. The van der Waals surface area contributed by atoms with Crippen LogP contribution < -0.4 is 20.5 Å². The second-order valence-corrected chi connectivity index (χ2v) is 5.02. The maximum atomic E-state index is 12.3. The highest BCUT2D eigenvalue weighted by Gasteiger charge is 2.28. The third-order valence-corrected chi connectivity index (χ3v) is 2.93. The summed E-state index contributed by atoms with van der Waals surface area (Å²) in [5.41, 5.74) is 5.06. The minimum absolute atomic E-state index is 0.152. The number of nitrogens with one attached hydrogen (secondary N) is 1. The van der Waals surface area contributed by atoms with Gasteiger partial charge in [-0.05, 0) is 18.1 Å². The van der Waals surface area contributed by atoms with Crippen molar-refractivity contribution >= 4 is 17.9 Å². The lowest BCUT2D eigenvalue weighted by Gasteiger charge is -2.20. The highest BCUT2D eigenvalue weighted by molar-refractivity contribution is 5.98. The summed E-state index contributed by atoms with van der Waals surface area (Å²) in [7, 11) is 2.89. The van der Waals surface area contributed by atoms with Crippen LogP contribution in [0.1, 0.15) is 24.2 Å². The molecule has 1 aromatic carbocycles. The summed E-state index contributed by atoms with van der Waals surface area (Å²) in [6.45, 7) is 3.34. The average Bonchev–Trinajstić information content (AvgIpc) is 2.50. The standard InChI is InChI=1S/C15H20N2O6/c1-8(2)12(13(18)17-15(16)20)23-14(19)9-5-10(21-3)7-11(6-9)22-4/h5-8,12H,1-4H3,(H3,16,17,18,20)/t12-/m1/s1. The monoisotopic (exact) mass is 324 g/mol. The summed E-state index contributed by atoms with van der Waals surface area (Å²) in [5.74, 6) is -1.08. The van der Waals surface area contributed by atoms with Gasteiger partial charge in [0.1, 0.15) is 11.5 Å². The Hall–Kier alpha value is -2.77. The van der Waals surface area contributed by atoms with Gasteiger partial charge in [-0.2, -0.15) is 0 Å². The SMILES string of the molecule is COc1cc(OC)cc(C(=O)O[C@@H](C(=O)NC(N)=O)C(C)C)c1. The van der Waals surface area contributed by atoms with Crippen LogP contribution in [0.3, 0.4) is 0 Å². The van der Waals surface area contributed by atoms with Gasteiger partial charge in [-0.1, -0.05) is 13.8 Å². The maximum Gasteiger partial charge on any atom is 0.339 e. The zero-order valence-corrected chi connectivity index (χ0v) is 13.4. The molecule has 1 aromatic rings. The van der Waals surface area contributed by atoms with E-state index in [2.05, 4.69) is 0 Å². The normalized spacial score (nSPS) is 11.5. The Kier molecular flexibility index (Phi) is 6.37. The fourth-order valence-corrected chi connectivity index (χ4v) is 1.79. The number of hydrogen-bond acceptors (Lipinski definition) is 6. The molecule has 0 spiro atoms. The summed E-state index contributed by atoms with van der Waals surface area (Å²) in [6.07, 6.45) is -1.16. The van der Waals surface area contributed by atoms with E-state index in [4.69, 9.17) is 19.9 Å². The van der Waals surface area contributed by atoms with E-state index >= 15 is 0 Å². The molecule has 0 bridgehead atoms. The largest absolute Gasteiger partial charge is 0.497 e. The van der Waals surface area contributed by atoms with Gasteiger partial charge in [0.25, 0.3) is 5.91 Å². The first-order valence-corrected chi connectivity index (χ1v) is 6.82. The van der Waals surface area contributed by atoms with Crippen molar-refractivity contribution in [3.8, 4) is 11.5 Å². The quantitative estimate of drug-likeness (QED) is 0.756. The highest BCUT2D eigenvalue weighted by atomic mass is 16.5. The number of nitrogens with two attached hydrogens (primary N) is 1. The molecule has 0 aliphatic rings. The molecule has 1 atom stereocenters. The Morgan fingerprint density at radius 2 is 1.57 bits per heavy atom. The van der Waals surface area contributed by atoms with Crippen molar-refractivity contribution in [3.63, 3.8) is 0 Å². The van der Waals surface area contributed by atoms with Crippen LogP contribution in [0, 0.1) is 5.92 Å². The number of urea groups is 1. The van der Waals surface area contributed by atoms with Crippen LogP contribution >= 0.6 is 0 Å². The first-order valence-electron chi connectivity index (χ1n) is 6.82. The number of amides is 3. The summed E-state index contributed by atoms with van der Waals surface area (Å²) >= 11 is 0. The van der Waals surface area contributed by atoms with Crippen LogP contribution in [0.5, 0.6) is 11.5 Å². The van der Waals surface area contributed by atoms with Crippen LogP contribution in [0.25, 0.3) is 0 Å². The van der Waals surface area contributed by atoms with Crippen molar-refractivity contribution in [2.75, 3.05) is 14.2 Å². The molecule has 3 amide bonds. The minimum atomic E-state index is -1.16. The van der Waals surface area contributed by atoms with Gasteiger partial charge >= 0.3 is 12.0 Å². The van der Waals surface area contributed by atoms with E-state index in [1.165, 1.54) is 26.4 Å². The van der Waals surface area contributed by atoms with Crippen LogP contribution in [-0.2, 0) is 9.53 Å². The molecular weight excluding hydrogens is 304 g/mol. The molecule has 23 heavy (non-hydrogen) atoms. The van der Waals surface area contributed by atoms with Crippen molar-refractivity contribution in [3.05, 3.63) is 23.8 Å². The molecule has 0 fully saturated rings. The number of carbonyl (C=O) groups is 3.